The number of hydrogen-bond acceptors (Lipinski definition) is 7. The van der Waals surface area contributed by atoms with Crippen LogP contribution >= 0.6 is 0 Å². The number of rotatable bonds is 6. The van der Waals surface area contributed by atoms with E-state index in [-0.39, 0.29) is 28.9 Å². The number of hydrogen-bond donors (Lipinski definition) is 1. The van der Waals surface area contributed by atoms with Crippen molar-refractivity contribution < 1.29 is 18.7 Å². The largest absolute Gasteiger partial charge is 0.461 e. The van der Waals surface area contributed by atoms with Crippen LogP contribution in [0.5, 0.6) is 0 Å². The van der Waals surface area contributed by atoms with Crippen molar-refractivity contribution in [1.29, 1.82) is 0 Å². The Bertz CT molecular complexity index is 917. The summed E-state index contributed by atoms with van der Waals surface area (Å²) in [6.45, 7) is 3.77. The molecule has 1 aromatic carbocycles. The van der Waals surface area contributed by atoms with Gasteiger partial charge in [0.2, 0.25) is 11.7 Å². The summed E-state index contributed by atoms with van der Waals surface area (Å²) in [5.74, 6) is 0.436. The minimum absolute atomic E-state index is 0.0532. The molecule has 0 aliphatic heterocycles. The molecule has 3 rings (SSSR count). The highest BCUT2D eigenvalue weighted by Gasteiger charge is 2.26. The van der Waals surface area contributed by atoms with Gasteiger partial charge in [0.05, 0.1) is 11.2 Å². The fraction of sp³-hybridized carbons (Fsp3) is 0.235. The molecule has 134 valence electrons. The summed E-state index contributed by atoms with van der Waals surface area (Å²) in [6, 6.07) is 8.34. The molecule has 2 aromatic heterocycles. The van der Waals surface area contributed by atoms with Crippen LogP contribution in [0.2, 0.25) is 0 Å². The lowest BCUT2D eigenvalue weighted by atomic mass is 10.0. The van der Waals surface area contributed by atoms with E-state index in [1.165, 1.54) is 30.5 Å². The van der Waals surface area contributed by atoms with Gasteiger partial charge in [-0.15, -0.1) is 0 Å². The maximum Gasteiger partial charge on any atom is 0.270 e. The van der Waals surface area contributed by atoms with Gasteiger partial charge in [0, 0.05) is 17.7 Å². The molecule has 2 heterocycles. The molecule has 0 radical (unpaired) electrons. The van der Waals surface area contributed by atoms with Gasteiger partial charge in [-0.25, -0.2) is 0 Å². The molecule has 0 aliphatic rings. The van der Waals surface area contributed by atoms with Gasteiger partial charge in [-0.3, -0.25) is 14.9 Å². The quantitative estimate of drug-likeness (QED) is 0.530. The molecule has 9 heteroatoms. The molecule has 9 nitrogen and oxygen atoms in total. The number of carbonyl (C=O) groups is 1. The van der Waals surface area contributed by atoms with Crippen molar-refractivity contribution in [1.82, 2.24) is 15.5 Å². The van der Waals surface area contributed by atoms with Crippen LogP contribution in [-0.4, -0.2) is 21.0 Å². The summed E-state index contributed by atoms with van der Waals surface area (Å²) in [7, 11) is 0. The Morgan fingerprint density at radius 3 is 2.73 bits per heavy atom. The lowest BCUT2D eigenvalue weighted by molar-refractivity contribution is -0.384. The third-order valence-corrected chi connectivity index (χ3v) is 3.72. The smallest absolute Gasteiger partial charge is 0.270 e. The molecule has 26 heavy (non-hydrogen) atoms. The highest BCUT2D eigenvalue weighted by Crippen LogP contribution is 2.24. The van der Waals surface area contributed by atoms with Gasteiger partial charge in [0.1, 0.15) is 6.04 Å². The lowest BCUT2D eigenvalue weighted by Crippen LogP contribution is -2.32. The van der Waals surface area contributed by atoms with Gasteiger partial charge in [0.25, 0.3) is 11.6 Å². The Kier molecular flexibility index (Phi) is 4.78. The number of amides is 1. The van der Waals surface area contributed by atoms with Crippen LogP contribution in [0.4, 0.5) is 5.69 Å². The predicted molar refractivity (Wildman–Crippen MR) is 90.1 cm³/mol. The monoisotopic (exact) mass is 356 g/mol. The first kappa shape index (κ1) is 17.3. The molecule has 0 aliphatic carbocycles. The Labute approximate surface area is 148 Å². The van der Waals surface area contributed by atoms with Crippen LogP contribution in [0.25, 0.3) is 11.6 Å². The van der Waals surface area contributed by atoms with E-state index in [4.69, 9.17) is 8.94 Å². The van der Waals surface area contributed by atoms with E-state index in [9.17, 15) is 14.9 Å². The summed E-state index contributed by atoms with van der Waals surface area (Å²) in [4.78, 5) is 27.1. The summed E-state index contributed by atoms with van der Waals surface area (Å²) in [5.41, 5.74) is 0.0206. The number of furan rings is 1. The summed E-state index contributed by atoms with van der Waals surface area (Å²) >= 11 is 0. The van der Waals surface area contributed by atoms with E-state index in [2.05, 4.69) is 15.5 Å². The maximum absolute atomic E-state index is 12.5. The van der Waals surface area contributed by atoms with Crippen LogP contribution < -0.4 is 5.32 Å². The minimum Gasteiger partial charge on any atom is -0.461 e. The standard InChI is InChI=1S/C17H16N4O5/c1-10(2)14(17-19-15(20-26-17)13-7-4-8-25-13)18-16(22)11-5-3-6-12(9-11)21(23)24/h3-10,14H,1-2H3,(H,18,22). The van der Waals surface area contributed by atoms with Crippen LogP contribution in [-0.2, 0) is 0 Å². The van der Waals surface area contributed by atoms with Gasteiger partial charge < -0.3 is 14.3 Å². The molecule has 1 unspecified atom stereocenters. The number of nitro groups is 1. The maximum atomic E-state index is 12.5. The Hall–Kier alpha value is -3.49. The summed E-state index contributed by atoms with van der Waals surface area (Å²) in [6.07, 6.45) is 1.50. The van der Waals surface area contributed by atoms with Crippen molar-refractivity contribution in [3.8, 4) is 11.6 Å². The topological polar surface area (TPSA) is 124 Å². The van der Waals surface area contributed by atoms with Crippen LogP contribution in [0.3, 0.4) is 0 Å². The molecule has 1 amide bonds. The molecule has 0 saturated heterocycles. The second kappa shape index (κ2) is 7.18. The first-order valence-corrected chi connectivity index (χ1v) is 7.88. The first-order chi connectivity index (χ1) is 12.5. The van der Waals surface area contributed by atoms with Crippen molar-refractivity contribution in [3.05, 3.63) is 64.2 Å². The molecular formula is C17H16N4O5. The second-order valence-electron chi connectivity index (χ2n) is 5.94. The van der Waals surface area contributed by atoms with Crippen molar-refractivity contribution in [2.45, 2.75) is 19.9 Å². The van der Waals surface area contributed by atoms with Crippen molar-refractivity contribution in [2.24, 2.45) is 5.92 Å². The van der Waals surface area contributed by atoms with Gasteiger partial charge in [-0.1, -0.05) is 25.1 Å². The van der Waals surface area contributed by atoms with E-state index >= 15 is 0 Å². The van der Waals surface area contributed by atoms with Crippen LogP contribution in [0.1, 0.15) is 36.1 Å². The van der Waals surface area contributed by atoms with Crippen molar-refractivity contribution in [3.63, 3.8) is 0 Å². The average molecular weight is 356 g/mol. The molecule has 0 fully saturated rings. The number of aromatic nitrogens is 2. The zero-order valence-corrected chi connectivity index (χ0v) is 14.1. The van der Waals surface area contributed by atoms with Crippen LogP contribution in [0, 0.1) is 16.0 Å². The number of carbonyl (C=O) groups excluding carboxylic acids is 1. The number of nitrogens with one attached hydrogen (secondary N) is 1. The van der Waals surface area contributed by atoms with E-state index in [1.807, 2.05) is 13.8 Å². The van der Waals surface area contributed by atoms with E-state index in [0.717, 1.165) is 0 Å². The highest BCUT2D eigenvalue weighted by molar-refractivity contribution is 5.95. The molecule has 0 saturated carbocycles. The van der Waals surface area contributed by atoms with Crippen molar-refractivity contribution >= 4 is 11.6 Å². The Balaban J connectivity index is 1.82. The first-order valence-electron chi connectivity index (χ1n) is 7.88. The molecular weight excluding hydrogens is 340 g/mol. The molecule has 1 N–H and O–H groups in total. The second-order valence-corrected chi connectivity index (χ2v) is 5.94. The zero-order chi connectivity index (χ0) is 18.7. The van der Waals surface area contributed by atoms with Gasteiger partial charge >= 0.3 is 0 Å². The van der Waals surface area contributed by atoms with Gasteiger partial charge in [-0.05, 0) is 24.1 Å². The van der Waals surface area contributed by atoms with Gasteiger partial charge in [-0.2, -0.15) is 4.98 Å². The SMILES string of the molecule is CC(C)C(NC(=O)c1cccc([N+](=O)[O-])c1)c1nc(-c2ccco2)no1. The number of nitro benzene ring substituents is 1. The predicted octanol–water partition coefficient (Wildman–Crippen LogP) is 3.36. The molecule has 1 atom stereocenters. The fourth-order valence-corrected chi connectivity index (χ4v) is 2.37. The Morgan fingerprint density at radius 1 is 1.27 bits per heavy atom. The molecule has 3 aromatic rings. The number of non-ortho nitro benzene ring substituents is 1. The van der Waals surface area contributed by atoms with E-state index in [1.54, 1.807) is 12.1 Å². The third kappa shape index (κ3) is 3.61. The fourth-order valence-electron chi connectivity index (χ4n) is 2.37. The zero-order valence-electron chi connectivity index (χ0n) is 14.1. The highest BCUT2D eigenvalue weighted by atomic mass is 16.6. The minimum atomic E-state index is -0.557. The van der Waals surface area contributed by atoms with E-state index in [0.29, 0.717) is 5.76 Å². The van der Waals surface area contributed by atoms with E-state index < -0.39 is 16.9 Å². The summed E-state index contributed by atoms with van der Waals surface area (Å²) < 4.78 is 10.5. The summed E-state index contributed by atoms with van der Waals surface area (Å²) in [5, 5.41) is 17.5. The van der Waals surface area contributed by atoms with Crippen molar-refractivity contribution in [2.75, 3.05) is 0 Å². The lowest BCUT2D eigenvalue weighted by Gasteiger charge is -2.18. The Morgan fingerprint density at radius 2 is 2.08 bits per heavy atom. The average Bonchev–Trinajstić information content (AvgIpc) is 3.30. The molecule has 0 spiro atoms. The van der Waals surface area contributed by atoms with Gasteiger partial charge in [0.15, 0.2) is 5.76 Å². The normalized spacial score (nSPS) is 12.1. The number of benzene rings is 1. The third-order valence-electron chi connectivity index (χ3n) is 3.72. The molecule has 0 bridgehead atoms. The van der Waals surface area contributed by atoms with Crippen LogP contribution in [0.15, 0.2) is 51.6 Å². The number of nitrogens with zero attached hydrogens (tertiary/aromatic N) is 3.